The van der Waals surface area contributed by atoms with E-state index in [-0.39, 0.29) is 18.2 Å². The zero-order valence-corrected chi connectivity index (χ0v) is 13.5. The van der Waals surface area contributed by atoms with Gasteiger partial charge in [-0.2, -0.15) is 0 Å². The Morgan fingerprint density at radius 1 is 1.17 bits per heavy atom. The van der Waals surface area contributed by atoms with Gasteiger partial charge < -0.3 is 9.73 Å². The van der Waals surface area contributed by atoms with Crippen molar-refractivity contribution in [3.63, 3.8) is 0 Å². The third-order valence-corrected chi connectivity index (χ3v) is 3.53. The number of carbonyl (C=O) groups excluding carboxylic acids is 2. The quantitative estimate of drug-likeness (QED) is 0.810. The molecule has 1 aromatic carbocycles. The molecule has 1 aromatic heterocycles. The highest BCUT2D eigenvalue weighted by molar-refractivity contribution is 5.88. The summed E-state index contributed by atoms with van der Waals surface area (Å²) in [5.41, 5.74) is 1.02. The molecular weight excluding hydrogens is 292 g/mol. The molecule has 0 bridgehead atoms. The molecule has 1 heterocycles. The van der Waals surface area contributed by atoms with Crippen LogP contribution in [0, 0.1) is 0 Å². The summed E-state index contributed by atoms with van der Waals surface area (Å²) in [5, 5.41) is 2.81. The lowest BCUT2D eigenvalue weighted by molar-refractivity contribution is -0.127. The molecular formula is C18H22N2O3. The SMILES string of the molecule is CC(=O)[C@@H](Cc1ccccc1)NC(=O)CN(C)Cc1ccco1. The van der Waals surface area contributed by atoms with Crippen LogP contribution >= 0.6 is 0 Å². The van der Waals surface area contributed by atoms with E-state index in [1.807, 2.05) is 54.4 Å². The minimum Gasteiger partial charge on any atom is -0.468 e. The average Bonchev–Trinajstić information content (AvgIpc) is 3.00. The van der Waals surface area contributed by atoms with Crippen molar-refractivity contribution in [2.75, 3.05) is 13.6 Å². The van der Waals surface area contributed by atoms with Gasteiger partial charge in [-0.05, 0) is 38.1 Å². The maximum Gasteiger partial charge on any atom is 0.234 e. The number of likely N-dealkylation sites (N-methyl/N-ethyl adjacent to an activating group) is 1. The first-order valence-corrected chi connectivity index (χ1v) is 7.59. The maximum absolute atomic E-state index is 12.2. The predicted octanol–water partition coefficient (Wildman–Crippen LogP) is 2.03. The Labute approximate surface area is 136 Å². The molecule has 0 fully saturated rings. The van der Waals surface area contributed by atoms with Crippen LogP contribution in [0.2, 0.25) is 0 Å². The number of ketones is 1. The Morgan fingerprint density at radius 3 is 2.52 bits per heavy atom. The lowest BCUT2D eigenvalue weighted by atomic mass is 10.0. The van der Waals surface area contributed by atoms with Crippen molar-refractivity contribution in [2.45, 2.75) is 25.9 Å². The molecule has 0 saturated carbocycles. The summed E-state index contributed by atoms with van der Waals surface area (Å²) in [6, 6.07) is 12.8. The lowest BCUT2D eigenvalue weighted by Gasteiger charge is -2.19. The fourth-order valence-electron chi connectivity index (χ4n) is 2.36. The molecule has 0 radical (unpaired) electrons. The number of nitrogens with zero attached hydrogens (tertiary/aromatic N) is 1. The number of furan rings is 1. The van der Waals surface area contributed by atoms with Gasteiger partial charge in [0.25, 0.3) is 0 Å². The van der Waals surface area contributed by atoms with Gasteiger partial charge in [-0.1, -0.05) is 30.3 Å². The Kier molecular flexibility index (Phi) is 6.11. The van der Waals surface area contributed by atoms with Crippen LogP contribution in [0.4, 0.5) is 0 Å². The highest BCUT2D eigenvalue weighted by Crippen LogP contribution is 2.05. The van der Waals surface area contributed by atoms with E-state index in [0.29, 0.717) is 13.0 Å². The molecule has 0 aliphatic carbocycles. The summed E-state index contributed by atoms with van der Waals surface area (Å²) in [4.78, 5) is 25.8. The summed E-state index contributed by atoms with van der Waals surface area (Å²) >= 11 is 0. The van der Waals surface area contributed by atoms with E-state index in [2.05, 4.69) is 5.32 Å². The van der Waals surface area contributed by atoms with Crippen LogP contribution in [0.1, 0.15) is 18.2 Å². The second-order valence-corrected chi connectivity index (χ2v) is 5.67. The van der Waals surface area contributed by atoms with Gasteiger partial charge in [0.2, 0.25) is 5.91 Å². The lowest BCUT2D eigenvalue weighted by Crippen LogP contribution is -2.45. The van der Waals surface area contributed by atoms with Crippen molar-refractivity contribution in [1.29, 1.82) is 0 Å². The maximum atomic E-state index is 12.2. The van der Waals surface area contributed by atoms with E-state index in [0.717, 1.165) is 11.3 Å². The van der Waals surface area contributed by atoms with Crippen LogP contribution < -0.4 is 5.32 Å². The van der Waals surface area contributed by atoms with Crippen molar-refractivity contribution in [1.82, 2.24) is 10.2 Å². The third kappa shape index (κ3) is 5.71. The van der Waals surface area contributed by atoms with Gasteiger partial charge in [0.1, 0.15) is 5.76 Å². The van der Waals surface area contributed by atoms with E-state index in [1.54, 1.807) is 6.26 Å². The number of benzene rings is 1. The molecule has 0 saturated heterocycles. The van der Waals surface area contributed by atoms with Crippen LogP contribution in [0.15, 0.2) is 53.1 Å². The highest BCUT2D eigenvalue weighted by atomic mass is 16.3. The molecule has 23 heavy (non-hydrogen) atoms. The van der Waals surface area contributed by atoms with Gasteiger partial charge in [0.15, 0.2) is 5.78 Å². The van der Waals surface area contributed by atoms with Crippen LogP contribution in [0.3, 0.4) is 0 Å². The van der Waals surface area contributed by atoms with Crippen LogP contribution in [0.5, 0.6) is 0 Å². The molecule has 122 valence electrons. The van der Waals surface area contributed by atoms with Crippen molar-refractivity contribution < 1.29 is 14.0 Å². The normalized spacial score (nSPS) is 12.1. The Bertz CT molecular complexity index is 623. The van der Waals surface area contributed by atoms with Crippen molar-refractivity contribution >= 4 is 11.7 Å². The summed E-state index contributed by atoms with van der Waals surface area (Å²) < 4.78 is 5.26. The number of Topliss-reactive ketones (excluding diaryl/α,β-unsaturated/α-hetero) is 1. The van der Waals surface area contributed by atoms with E-state index in [9.17, 15) is 9.59 Å². The first-order valence-electron chi connectivity index (χ1n) is 7.59. The van der Waals surface area contributed by atoms with E-state index < -0.39 is 6.04 Å². The van der Waals surface area contributed by atoms with Crippen LogP contribution in [0.25, 0.3) is 0 Å². The molecule has 5 nitrogen and oxygen atoms in total. The Morgan fingerprint density at radius 2 is 1.91 bits per heavy atom. The van der Waals surface area contributed by atoms with E-state index in [4.69, 9.17) is 4.42 Å². The van der Waals surface area contributed by atoms with Crippen molar-refractivity contribution in [3.05, 3.63) is 60.1 Å². The molecule has 5 heteroatoms. The van der Waals surface area contributed by atoms with Crippen molar-refractivity contribution in [3.8, 4) is 0 Å². The number of rotatable bonds is 8. The molecule has 2 aromatic rings. The third-order valence-electron chi connectivity index (χ3n) is 3.53. The summed E-state index contributed by atoms with van der Waals surface area (Å²) in [7, 11) is 1.84. The number of hydrogen-bond donors (Lipinski definition) is 1. The second kappa shape index (κ2) is 8.29. The van der Waals surface area contributed by atoms with Gasteiger partial charge >= 0.3 is 0 Å². The predicted molar refractivity (Wildman–Crippen MR) is 87.8 cm³/mol. The summed E-state index contributed by atoms with van der Waals surface area (Å²) in [5.74, 6) is 0.582. The van der Waals surface area contributed by atoms with E-state index in [1.165, 1.54) is 6.92 Å². The molecule has 2 rings (SSSR count). The molecule has 0 aliphatic rings. The molecule has 1 atom stereocenters. The zero-order chi connectivity index (χ0) is 16.7. The van der Waals surface area contributed by atoms with Crippen LogP contribution in [-0.2, 0) is 22.6 Å². The molecule has 1 N–H and O–H groups in total. The number of nitrogens with one attached hydrogen (secondary N) is 1. The minimum atomic E-state index is -0.498. The van der Waals surface area contributed by atoms with Gasteiger partial charge in [-0.3, -0.25) is 14.5 Å². The fraction of sp³-hybridized carbons (Fsp3) is 0.333. The van der Waals surface area contributed by atoms with Crippen LogP contribution in [-0.4, -0.2) is 36.2 Å². The highest BCUT2D eigenvalue weighted by Gasteiger charge is 2.18. The Balaban J connectivity index is 1.86. The first kappa shape index (κ1) is 17.0. The largest absolute Gasteiger partial charge is 0.468 e. The topological polar surface area (TPSA) is 62.6 Å². The minimum absolute atomic E-state index is 0.0455. The Hall–Kier alpha value is -2.40. The average molecular weight is 314 g/mol. The van der Waals surface area contributed by atoms with Crippen molar-refractivity contribution in [2.24, 2.45) is 0 Å². The first-order chi connectivity index (χ1) is 11.0. The second-order valence-electron chi connectivity index (χ2n) is 5.67. The summed E-state index contributed by atoms with van der Waals surface area (Å²) in [6.45, 7) is 2.25. The van der Waals surface area contributed by atoms with Gasteiger partial charge in [-0.25, -0.2) is 0 Å². The molecule has 1 amide bonds. The van der Waals surface area contributed by atoms with Gasteiger partial charge in [0.05, 0.1) is 25.4 Å². The molecule has 0 aliphatic heterocycles. The number of hydrogen-bond acceptors (Lipinski definition) is 4. The number of amides is 1. The zero-order valence-electron chi connectivity index (χ0n) is 13.5. The fourth-order valence-corrected chi connectivity index (χ4v) is 2.36. The monoisotopic (exact) mass is 314 g/mol. The van der Waals surface area contributed by atoms with Gasteiger partial charge in [0, 0.05) is 0 Å². The molecule has 0 unspecified atom stereocenters. The number of carbonyl (C=O) groups is 2. The summed E-state index contributed by atoms with van der Waals surface area (Å²) in [6.07, 6.45) is 2.11. The molecule has 0 spiro atoms. The smallest absolute Gasteiger partial charge is 0.234 e. The standard InChI is InChI=1S/C18H22N2O3/c1-14(21)17(11-15-7-4-3-5-8-15)19-18(22)13-20(2)12-16-9-6-10-23-16/h3-10,17H,11-13H2,1-2H3,(H,19,22)/t17-/m1/s1. The van der Waals surface area contributed by atoms with Gasteiger partial charge in [-0.15, -0.1) is 0 Å². The van der Waals surface area contributed by atoms with E-state index >= 15 is 0 Å².